The van der Waals surface area contributed by atoms with E-state index in [0.717, 1.165) is 22.9 Å². The lowest BCUT2D eigenvalue weighted by Gasteiger charge is -2.07. The van der Waals surface area contributed by atoms with Gasteiger partial charge in [-0.25, -0.2) is 0 Å². The number of hydrogen-bond donors (Lipinski definition) is 2. The third-order valence-electron chi connectivity index (χ3n) is 2.25. The molecule has 0 heterocycles. The number of rotatable bonds is 5. The fraction of sp³-hybridized carbons (Fsp3) is 0.400. The van der Waals surface area contributed by atoms with Crippen LogP contribution in [0, 0.1) is 0 Å². The number of benzene rings is 1. The highest BCUT2D eigenvalue weighted by molar-refractivity contribution is 9.10. The van der Waals surface area contributed by atoms with Gasteiger partial charge in [0.15, 0.2) is 0 Å². The Labute approximate surface area is 104 Å². The van der Waals surface area contributed by atoms with Gasteiger partial charge in [-0.2, -0.15) is 17.9 Å². The third kappa shape index (κ3) is 3.86. The highest BCUT2D eigenvalue weighted by Gasteiger charge is 2.26. The third-order valence-corrected chi connectivity index (χ3v) is 3.92. The fourth-order valence-corrected chi connectivity index (χ4v) is 2.85. The zero-order valence-corrected chi connectivity index (χ0v) is 11.0. The van der Waals surface area contributed by atoms with Crippen LogP contribution in [0.1, 0.15) is 18.4 Å². The minimum Gasteiger partial charge on any atom is -0.199 e. The van der Waals surface area contributed by atoms with Crippen molar-refractivity contribution in [1.82, 2.24) is 9.44 Å². The minimum atomic E-state index is -3.34. The SMILES string of the molecule is O=S(=O)(NCc1cccc(Br)c1)NC1CC1. The molecule has 16 heavy (non-hydrogen) atoms. The quantitative estimate of drug-likeness (QED) is 0.867. The molecule has 1 aromatic rings. The second-order valence-corrected chi connectivity index (χ2v) is 6.29. The van der Waals surface area contributed by atoms with E-state index in [1.54, 1.807) is 0 Å². The summed E-state index contributed by atoms with van der Waals surface area (Å²) in [5.74, 6) is 0. The van der Waals surface area contributed by atoms with Gasteiger partial charge >= 0.3 is 0 Å². The van der Waals surface area contributed by atoms with Gasteiger partial charge in [-0.1, -0.05) is 28.1 Å². The number of halogens is 1. The molecule has 88 valence electrons. The molecule has 1 saturated carbocycles. The summed E-state index contributed by atoms with van der Waals surface area (Å²) < 4.78 is 29.0. The van der Waals surface area contributed by atoms with E-state index in [9.17, 15) is 8.42 Å². The van der Waals surface area contributed by atoms with Crippen molar-refractivity contribution in [2.45, 2.75) is 25.4 Å². The lowest BCUT2D eigenvalue weighted by molar-refractivity contribution is 0.565. The molecule has 1 aliphatic rings. The van der Waals surface area contributed by atoms with Crippen molar-refractivity contribution in [3.8, 4) is 0 Å². The van der Waals surface area contributed by atoms with Gasteiger partial charge in [0.05, 0.1) is 0 Å². The van der Waals surface area contributed by atoms with Crippen LogP contribution in [0.15, 0.2) is 28.7 Å². The Bertz CT molecular complexity index is 471. The summed E-state index contributed by atoms with van der Waals surface area (Å²) in [6.45, 7) is 0.307. The van der Waals surface area contributed by atoms with Crippen LogP contribution >= 0.6 is 15.9 Å². The zero-order valence-electron chi connectivity index (χ0n) is 8.61. The van der Waals surface area contributed by atoms with Crippen LogP contribution in [0.4, 0.5) is 0 Å². The van der Waals surface area contributed by atoms with E-state index in [-0.39, 0.29) is 6.04 Å². The summed E-state index contributed by atoms with van der Waals surface area (Å²) in [6.07, 6.45) is 1.88. The first-order valence-corrected chi connectivity index (χ1v) is 7.34. The second-order valence-electron chi connectivity index (χ2n) is 3.85. The molecule has 0 aliphatic heterocycles. The largest absolute Gasteiger partial charge is 0.277 e. The van der Waals surface area contributed by atoms with E-state index < -0.39 is 10.2 Å². The fourth-order valence-electron chi connectivity index (χ4n) is 1.29. The van der Waals surface area contributed by atoms with Crippen LogP contribution in [0.2, 0.25) is 0 Å². The van der Waals surface area contributed by atoms with Crippen LogP contribution in [-0.2, 0) is 16.8 Å². The van der Waals surface area contributed by atoms with Gasteiger partial charge < -0.3 is 0 Å². The molecule has 1 aromatic carbocycles. The molecule has 0 bridgehead atoms. The summed E-state index contributed by atoms with van der Waals surface area (Å²) in [6, 6.07) is 7.69. The lowest BCUT2D eigenvalue weighted by atomic mass is 10.2. The van der Waals surface area contributed by atoms with Gasteiger partial charge in [-0.15, -0.1) is 0 Å². The van der Waals surface area contributed by atoms with E-state index in [1.807, 2.05) is 24.3 Å². The molecular weight excluding hydrogens is 292 g/mol. The van der Waals surface area contributed by atoms with Crippen LogP contribution < -0.4 is 9.44 Å². The Kier molecular flexibility index (Phi) is 3.63. The van der Waals surface area contributed by atoms with Gasteiger partial charge in [-0.3, -0.25) is 0 Å². The van der Waals surface area contributed by atoms with Crippen molar-refractivity contribution in [3.63, 3.8) is 0 Å². The van der Waals surface area contributed by atoms with Crippen LogP contribution in [0.25, 0.3) is 0 Å². The molecule has 2 rings (SSSR count). The molecule has 0 atom stereocenters. The van der Waals surface area contributed by atoms with Gasteiger partial charge in [0.25, 0.3) is 10.2 Å². The van der Waals surface area contributed by atoms with Crippen molar-refractivity contribution in [2.24, 2.45) is 0 Å². The van der Waals surface area contributed by atoms with E-state index >= 15 is 0 Å². The van der Waals surface area contributed by atoms with Gasteiger partial charge in [-0.05, 0) is 30.5 Å². The van der Waals surface area contributed by atoms with E-state index in [4.69, 9.17) is 0 Å². The molecule has 0 saturated heterocycles. The van der Waals surface area contributed by atoms with E-state index in [2.05, 4.69) is 25.4 Å². The lowest BCUT2D eigenvalue weighted by Crippen LogP contribution is -2.37. The predicted octanol–water partition coefficient (Wildman–Crippen LogP) is 1.54. The first-order chi connectivity index (χ1) is 7.55. The van der Waals surface area contributed by atoms with Gasteiger partial charge in [0, 0.05) is 17.1 Å². The summed E-state index contributed by atoms with van der Waals surface area (Å²) in [7, 11) is -3.34. The Morgan fingerprint density at radius 3 is 2.75 bits per heavy atom. The molecule has 0 unspecified atom stereocenters. The molecule has 0 aromatic heterocycles. The molecule has 6 heteroatoms. The van der Waals surface area contributed by atoms with Crippen molar-refractivity contribution < 1.29 is 8.42 Å². The first-order valence-electron chi connectivity index (χ1n) is 5.06. The monoisotopic (exact) mass is 304 g/mol. The van der Waals surface area contributed by atoms with Crippen LogP contribution in [-0.4, -0.2) is 14.5 Å². The topological polar surface area (TPSA) is 58.2 Å². The van der Waals surface area contributed by atoms with Crippen LogP contribution in [0.5, 0.6) is 0 Å². The summed E-state index contributed by atoms with van der Waals surface area (Å²) in [5, 5.41) is 0. The highest BCUT2D eigenvalue weighted by atomic mass is 79.9. The van der Waals surface area contributed by atoms with Crippen molar-refractivity contribution in [1.29, 1.82) is 0 Å². The van der Waals surface area contributed by atoms with Crippen molar-refractivity contribution >= 4 is 26.1 Å². The average Bonchev–Trinajstić information content (AvgIpc) is 2.98. The maximum Gasteiger partial charge on any atom is 0.277 e. The molecule has 4 nitrogen and oxygen atoms in total. The number of hydrogen-bond acceptors (Lipinski definition) is 2. The summed E-state index contributed by atoms with van der Waals surface area (Å²) in [5.41, 5.74) is 0.926. The van der Waals surface area contributed by atoms with Crippen molar-refractivity contribution in [2.75, 3.05) is 0 Å². The Morgan fingerprint density at radius 1 is 1.38 bits per heavy atom. The Hall–Kier alpha value is -0.430. The van der Waals surface area contributed by atoms with E-state index in [0.29, 0.717) is 6.54 Å². The minimum absolute atomic E-state index is 0.139. The van der Waals surface area contributed by atoms with Crippen LogP contribution in [0.3, 0.4) is 0 Å². The summed E-state index contributed by atoms with van der Waals surface area (Å²) >= 11 is 3.34. The highest BCUT2D eigenvalue weighted by Crippen LogP contribution is 2.19. The molecule has 0 spiro atoms. The molecular formula is C10H13BrN2O2S. The molecule has 1 aliphatic carbocycles. The van der Waals surface area contributed by atoms with Gasteiger partial charge in [0.2, 0.25) is 0 Å². The first kappa shape index (κ1) is 12.0. The Balaban J connectivity index is 1.90. The maximum absolute atomic E-state index is 11.5. The van der Waals surface area contributed by atoms with E-state index in [1.165, 1.54) is 0 Å². The smallest absolute Gasteiger partial charge is 0.199 e. The standard InChI is InChI=1S/C10H13BrN2O2S/c11-9-3-1-2-8(6-9)7-12-16(14,15)13-10-4-5-10/h1-3,6,10,12-13H,4-5,7H2. The van der Waals surface area contributed by atoms with Crippen molar-refractivity contribution in [3.05, 3.63) is 34.3 Å². The molecule has 0 amide bonds. The van der Waals surface area contributed by atoms with Gasteiger partial charge in [0.1, 0.15) is 0 Å². The maximum atomic E-state index is 11.5. The second kappa shape index (κ2) is 4.83. The number of nitrogens with one attached hydrogen (secondary N) is 2. The molecule has 2 N–H and O–H groups in total. The molecule has 0 radical (unpaired) electrons. The average molecular weight is 305 g/mol. The normalized spacial score (nSPS) is 16.3. The summed E-state index contributed by atoms with van der Waals surface area (Å²) in [4.78, 5) is 0. The molecule has 1 fully saturated rings. The zero-order chi connectivity index (χ0) is 11.6. The predicted molar refractivity (Wildman–Crippen MR) is 66.1 cm³/mol. The Morgan fingerprint density at radius 2 is 2.12 bits per heavy atom.